The number of hydrogen-bond donors (Lipinski definition) is 0. The third-order valence-electron chi connectivity index (χ3n) is 4.68. The Labute approximate surface area is 193 Å². The van der Waals surface area contributed by atoms with Gasteiger partial charge in [0.15, 0.2) is 11.0 Å². The van der Waals surface area contributed by atoms with E-state index in [1.807, 2.05) is 28.8 Å². The summed E-state index contributed by atoms with van der Waals surface area (Å²) in [5, 5.41) is 9.53. The molecule has 0 saturated carbocycles. The number of ether oxygens (including phenoxy) is 2. The molecule has 0 aliphatic carbocycles. The van der Waals surface area contributed by atoms with Crippen LogP contribution in [0.25, 0.3) is 17.1 Å². The van der Waals surface area contributed by atoms with E-state index in [1.165, 1.54) is 18.4 Å². The van der Waals surface area contributed by atoms with Gasteiger partial charge in [-0.2, -0.15) is 0 Å². The standard InChI is InChI=1S/C22H28N4O4S2/c1-15(2)14-31-22-24-23-21(16-8-7-9-18(12-16)32(27,28)25(3)4)26(22)19-13-17(29-5)10-11-20(19)30-6/h7-13,15H,14H2,1-6H3. The molecule has 1 aromatic heterocycles. The summed E-state index contributed by atoms with van der Waals surface area (Å²) >= 11 is 1.58. The molecule has 0 fully saturated rings. The maximum atomic E-state index is 12.7. The number of nitrogens with zero attached hydrogens (tertiary/aromatic N) is 4. The van der Waals surface area contributed by atoms with E-state index in [1.54, 1.807) is 44.2 Å². The number of methoxy groups -OCH3 is 2. The van der Waals surface area contributed by atoms with Gasteiger partial charge < -0.3 is 9.47 Å². The van der Waals surface area contributed by atoms with Gasteiger partial charge in [0.2, 0.25) is 10.0 Å². The molecule has 0 N–H and O–H groups in total. The van der Waals surface area contributed by atoms with Crippen LogP contribution in [-0.4, -0.2) is 61.6 Å². The normalized spacial score (nSPS) is 11.9. The minimum atomic E-state index is -3.60. The zero-order valence-electron chi connectivity index (χ0n) is 19.1. The summed E-state index contributed by atoms with van der Waals surface area (Å²) in [6.07, 6.45) is 0. The van der Waals surface area contributed by atoms with E-state index in [4.69, 9.17) is 9.47 Å². The van der Waals surface area contributed by atoms with Gasteiger partial charge in [-0.3, -0.25) is 4.57 Å². The Hall–Kier alpha value is -2.56. The molecule has 10 heteroatoms. The predicted octanol–water partition coefficient (Wildman–Crippen LogP) is 3.95. The summed E-state index contributed by atoms with van der Waals surface area (Å²) in [7, 11) is 2.61. The lowest BCUT2D eigenvalue weighted by Gasteiger charge is -2.16. The molecular weight excluding hydrogens is 448 g/mol. The highest BCUT2D eigenvalue weighted by Crippen LogP contribution is 2.35. The van der Waals surface area contributed by atoms with E-state index >= 15 is 0 Å². The Bertz CT molecular complexity index is 1190. The summed E-state index contributed by atoms with van der Waals surface area (Å²) in [6, 6.07) is 12.2. The van der Waals surface area contributed by atoms with Crippen molar-refractivity contribution < 1.29 is 17.9 Å². The summed E-state index contributed by atoms with van der Waals surface area (Å²) in [5.74, 6) is 3.09. The molecule has 0 unspecified atom stereocenters. The number of hydrogen-bond acceptors (Lipinski definition) is 7. The summed E-state index contributed by atoms with van der Waals surface area (Å²) < 4.78 is 39.5. The first-order chi connectivity index (χ1) is 15.2. The Balaban J connectivity index is 2.24. The van der Waals surface area contributed by atoms with E-state index < -0.39 is 10.0 Å². The highest BCUT2D eigenvalue weighted by molar-refractivity contribution is 7.99. The van der Waals surface area contributed by atoms with Crippen LogP contribution in [0, 0.1) is 5.92 Å². The zero-order chi connectivity index (χ0) is 23.5. The van der Waals surface area contributed by atoms with Crippen molar-refractivity contribution in [3.05, 3.63) is 42.5 Å². The van der Waals surface area contributed by atoms with E-state index in [9.17, 15) is 8.42 Å². The number of aromatic nitrogens is 3. The highest BCUT2D eigenvalue weighted by Gasteiger charge is 2.23. The Morgan fingerprint density at radius 1 is 1.06 bits per heavy atom. The quantitative estimate of drug-likeness (QED) is 0.432. The van der Waals surface area contributed by atoms with Crippen LogP contribution in [0.3, 0.4) is 0 Å². The molecule has 3 aromatic rings. The molecule has 0 spiro atoms. The van der Waals surface area contributed by atoms with Crippen molar-refractivity contribution in [2.24, 2.45) is 5.92 Å². The maximum absolute atomic E-state index is 12.7. The summed E-state index contributed by atoms with van der Waals surface area (Å²) in [4.78, 5) is 0.184. The van der Waals surface area contributed by atoms with Crippen LogP contribution in [0.15, 0.2) is 52.5 Å². The summed E-state index contributed by atoms with van der Waals surface area (Å²) in [5.41, 5.74) is 1.33. The van der Waals surface area contributed by atoms with Gasteiger partial charge in [-0.15, -0.1) is 10.2 Å². The van der Waals surface area contributed by atoms with Gasteiger partial charge in [-0.05, 0) is 30.2 Å². The molecule has 172 valence electrons. The Kier molecular flexibility index (Phi) is 7.47. The van der Waals surface area contributed by atoms with Gasteiger partial charge >= 0.3 is 0 Å². The lowest BCUT2D eigenvalue weighted by atomic mass is 10.2. The second-order valence-electron chi connectivity index (χ2n) is 7.70. The lowest BCUT2D eigenvalue weighted by Crippen LogP contribution is -2.22. The average molecular weight is 477 g/mol. The number of sulfonamides is 1. The van der Waals surface area contributed by atoms with E-state index in [0.717, 1.165) is 5.75 Å². The fraction of sp³-hybridized carbons (Fsp3) is 0.364. The van der Waals surface area contributed by atoms with Gasteiger partial charge in [0, 0.05) is 31.5 Å². The number of benzene rings is 2. The van der Waals surface area contributed by atoms with Crippen LogP contribution in [0.2, 0.25) is 0 Å². The fourth-order valence-electron chi connectivity index (χ4n) is 2.99. The van der Waals surface area contributed by atoms with Crippen molar-refractivity contribution in [2.75, 3.05) is 34.1 Å². The van der Waals surface area contributed by atoms with Gasteiger partial charge in [-0.25, -0.2) is 12.7 Å². The molecule has 3 rings (SSSR count). The van der Waals surface area contributed by atoms with Crippen molar-refractivity contribution >= 4 is 21.8 Å². The molecule has 1 heterocycles. The topological polar surface area (TPSA) is 86.5 Å². The average Bonchev–Trinajstić information content (AvgIpc) is 3.21. The van der Waals surface area contributed by atoms with E-state index in [0.29, 0.717) is 39.6 Å². The molecule has 0 bridgehead atoms. The zero-order valence-corrected chi connectivity index (χ0v) is 20.7. The molecule has 0 aliphatic heterocycles. The monoisotopic (exact) mass is 476 g/mol. The Morgan fingerprint density at radius 2 is 1.81 bits per heavy atom. The third-order valence-corrected chi connectivity index (χ3v) is 7.84. The van der Waals surface area contributed by atoms with Gasteiger partial charge in [0.25, 0.3) is 0 Å². The van der Waals surface area contributed by atoms with Crippen LogP contribution in [-0.2, 0) is 10.0 Å². The number of thioether (sulfide) groups is 1. The van der Waals surface area contributed by atoms with Crippen molar-refractivity contribution in [3.8, 4) is 28.6 Å². The minimum absolute atomic E-state index is 0.184. The van der Waals surface area contributed by atoms with E-state index in [-0.39, 0.29) is 4.90 Å². The first-order valence-electron chi connectivity index (χ1n) is 10.0. The van der Waals surface area contributed by atoms with Gasteiger partial charge in [0.05, 0.1) is 24.8 Å². The maximum Gasteiger partial charge on any atom is 0.242 e. The number of rotatable bonds is 9. The first-order valence-corrected chi connectivity index (χ1v) is 12.4. The van der Waals surface area contributed by atoms with Crippen LogP contribution in [0.4, 0.5) is 0 Å². The van der Waals surface area contributed by atoms with Gasteiger partial charge in [-0.1, -0.05) is 37.7 Å². The SMILES string of the molecule is COc1ccc(OC)c(-n2c(SCC(C)C)nnc2-c2cccc(S(=O)(=O)N(C)C)c2)c1. The van der Waals surface area contributed by atoms with Crippen molar-refractivity contribution in [1.29, 1.82) is 0 Å². The molecule has 0 amide bonds. The molecular formula is C22H28N4O4S2. The molecule has 32 heavy (non-hydrogen) atoms. The van der Waals surface area contributed by atoms with Gasteiger partial charge in [0.1, 0.15) is 11.5 Å². The predicted molar refractivity (Wildman–Crippen MR) is 126 cm³/mol. The summed E-state index contributed by atoms with van der Waals surface area (Å²) in [6.45, 7) is 4.27. The molecule has 2 aromatic carbocycles. The van der Waals surface area contributed by atoms with Crippen molar-refractivity contribution in [3.63, 3.8) is 0 Å². The second kappa shape index (κ2) is 9.93. The van der Waals surface area contributed by atoms with Crippen LogP contribution >= 0.6 is 11.8 Å². The third kappa shape index (κ3) is 4.92. The molecule has 0 saturated heterocycles. The van der Waals surface area contributed by atoms with Crippen molar-refractivity contribution in [2.45, 2.75) is 23.9 Å². The molecule has 0 aliphatic rings. The second-order valence-corrected chi connectivity index (χ2v) is 10.8. The minimum Gasteiger partial charge on any atom is -0.497 e. The largest absolute Gasteiger partial charge is 0.497 e. The van der Waals surface area contributed by atoms with Crippen LogP contribution < -0.4 is 9.47 Å². The lowest BCUT2D eigenvalue weighted by molar-refractivity contribution is 0.401. The molecule has 0 atom stereocenters. The molecule has 0 radical (unpaired) electrons. The fourth-order valence-corrected chi connectivity index (χ4v) is 4.83. The smallest absolute Gasteiger partial charge is 0.242 e. The Morgan fingerprint density at radius 3 is 2.44 bits per heavy atom. The van der Waals surface area contributed by atoms with Crippen LogP contribution in [0.5, 0.6) is 11.5 Å². The molecule has 8 nitrogen and oxygen atoms in total. The first kappa shape index (κ1) is 24.1. The highest BCUT2D eigenvalue weighted by atomic mass is 32.2. The van der Waals surface area contributed by atoms with E-state index in [2.05, 4.69) is 24.0 Å². The van der Waals surface area contributed by atoms with Crippen LogP contribution in [0.1, 0.15) is 13.8 Å². The van der Waals surface area contributed by atoms with Crippen molar-refractivity contribution in [1.82, 2.24) is 19.1 Å².